The average molecular weight is 429 g/mol. The number of ketones is 1. The van der Waals surface area contributed by atoms with Gasteiger partial charge < -0.3 is 10.2 Å². The van der Waals surface area contributed by atoms with Gasteiger partial charge in [-0.3, -0.25) is 4.79 Å². The molecule has 9 atom stereocenters. The molecule has 0 amide bonds. The number of allylic oxidation sites excluding steroid dienone is 3. The highest BCUT2D eigenvalue weighted by atomic mass is 16.3. The van der Waals surface area contributed by atoms with Crippen LogP contribution in [0.4, 0.5) is 0 Å². The van der Waals surface area contributed by atoms with Gasteiger partial charge in [0.1, 0.15) is 5.60 Å². The summed E-state index contributed by atoms with van der Waals surface area (Å²) >= 11 is 0. The first-order valence-corrected chi connectivity index (χ1v) is 12.8. The number of hydrogen-bond acceptors (Lipinski definition) is 3. The Bertz CT molecular complexity index is 781. The number of fused-ring (bicyclic) bond motifs is 5. The molecule has 0 radical (unpaired) electrons. The summed E-state index contributed by atoms with van der Waals surface area (Å²) in [4.78, 5) is 13.3. The van der Waals surface area contributed by atoms with Crippen LogP contribution in [0.5, 0.6) is 0 Å². The second kappa shape index (κ2) is 7.83. The lowest BCUT2D eigenvalue weighted by Crippen LogP contribution is -2.64. The van der Waals surface area contributed by atoms with Crippen molar-refractivity contribution in [2.75, 3.05) is 0 Å². The molecule has 0 heterocycles. The van der Waals surface area contributed by atoms with Crippen LogP contribution in [0.1, 0.15) is 86.5 Å². The molecule has 4 aliphatic rings. The summed E-state index contributed by atoms with van der Waals surface area (Å²) in [5.41, 5.74) is -0.275. The quantitative estimate of drug-likeness (QED) is 0.564. The van der Waals surface area contributed by atoms with Crippen molar-refractivity contribution >= 4 is 5.78 Å². The van der Waals surface area contributed by atoms with Crippen LogP contribution in [-0.2, 0) is 4.79 Å². The van der Waals surface area contributed by atoms with Crippen LogP contribution in [0, 0.1) is 46.3 Å². The van der Waals surface area contributed by atoms with Gasteiger partial charge in [-0.05, 0) is 85.5 Å². The molecule has 4 aliphatic carbocycles. The molecule has 0 aliphatic heterocycles. The van der Waals surface area contributed by atoms with Gasteiger partial charge in [-0.1, -0.05) is 59.3 Å². The van der Waals surface area contributed by atoms with Crippen LogP contribution in [0.2, 0.25) is 0 Å². The van der Waals surface area contributed by atoms with Gasteiger partial charge in [0.05, 0.1) is 6.10 Å². The highest BCUT2D eigenvalue weighted by molar-refractivity contribution is 5.99. The number of carbonyl (C=O) groups is 1. The Balaban J connectivity index is 1.62. The van der Waals surface area contributed by atoms with E-state index in [0.29, 0.717) is 36.0 Å². The molecule has 0 aromatic rings. The molecule has 0 saturated heterocycles. The van der Waals surface area contributed by atoms with E-state index in [4.69, 9.17) is 0 Å². The molecule has 0 aromatic heterocycles. The average Bonchev–Trinajstić information content (AvgIpc) is 3.05. The van der Waals surface area contributed by atoms with E-state index in [0.717, 1.165) is 19.3 Å². The molecule has 0 bridgehead atoms. The largest absolute Gasteiger partial charge is 0.393 e. The van der Waals surface area contributed by atoms with Crippen LogP contribution in [0.25, 0.3) is 0 Å². The monoisotopic (exact) mass is 428 g/mol. The summed E-state index contributed by atoms with van der Waals surface area (Å²) in [7, 11) is 0. The maximum Gasteiger partial charge on any atom is 0.187 e. The molecule has 0 aromatic carbocycles. The Morgan fingerprint density at radius 3 is 2.39 bits per heavy atom. The van der Waals surface area contributed by atoms with Crippen LogP contribution < -0.4 is 0 Å². The molecule has 3 saturated carbocycles. The molecule has 3 nitrogen and oxygen atoms in total. The first kappa shape index (κ1) is 23.2. The first-order chi connectivity index (χ1) is 14.4. The number of aliphatic hydroxyl groups is 2. The van der Waals surface area contributed by atoms with E-state index in [-0.39, 0.29) is 23.5 Å². The Labute approximate surface area is 189 Å². The van der Waals surface area contributed by atoms with Crippen molar-refractivity contribution in [3.63, 3.8) is 0 Å². The van der Waals surface area contributed by atoms with Gasteiger partial charge in [0.15, 0.2) is 5.78 Å². The van der Waals surface area contributed by atoms with Crippen molar-refractivity contribution in [3.8, 4) is 0 Å². The minimum atomic E-state index is -1.40. The van der Waals surface area contributed by atoms with Crippen LogP contribution >= 0.6 is 0 Å². The number of carbonyl (C=O) groups excluding carboxylic acids is 1. The molecule has 174 valence electrons. The van der Waals surface area contributed by atoms with Crippen molar-refractivity contribution in [2.45, 2.75) is 98.2 Å². The molecular weight excluding hydrogens is 384 g/mol. The second-order valence-electron chi connectivity index (χ2n) is 12.4. The minimum absolute atomic E-state index is 0.147. The zero-order valence-corrected chi connectivity index (χ0v) is 20.5. The highest BCUT2D eigenvalue weighted by Gasteiger charge is 2.65. The normalized spacial score (nSPS) is 47.0. The van der Waals surface area contributed by atoms with Gasteiger partial charge in [0.25, 0.3) is 0 Å². The lowest BCUT2D eigenvalue weighted by molar-refractivity contribution is -0.180. The Morgan fingerprint density at radius 2 is 1.71 bits per heavy atom. The van der Waals surface area contributed by atoms with Crippen LogP contribution in [0.3, 0.4) is 0 Å². The van der Waals surface area contributed by atoms with E-state index in [1.54, 1.807) is 0 Å². The van der Waals surface area contributed by atoms with E-state index in [1.165, 1.54) is 18.4 Å². The molecule has 2 N–H and O–H groups in total. The predicted octanol–water partition coefficient (Wildman–Crippen LogP) is 5.70. The van der Waals surface area contributed by atoms with Gasteiger partial charge in [0, 0.05) is 11.8 Å². The zero-order chi connectivity index (χ0) is 22.8. The maximum absolute atomic E-state index is 13.3. The lowest BCUT2D eigenvalue weighted by Gasteiger charge is -2.59. The smallest absolute Gasteiger partial charge is 0.187 e. The molecule has 2 unspecified atom stereocenters. The summed E-state index contributed by atoms with van der Waals surface area (Å²) in [6.07, 6.45) is 12.4. The van der Waals surface area contributed by atoms with Crippen molar-refractivity contribution < 1.29 is 15.0 Å². The maximum atomic E-state index is 13.3. The number of aliphatic hydroxyl groups excluding tert-OH is 1. The Kier molecular flexibility index (Phi) is 5.87. The third-order valence-corrected chi connectivity index (χ3v) is 10.5. The van der Waals surface area contributed by atoms with Crippen LogP contribution in [-0.4, -0.2) is 27.7 Å². The SMILES string of the molecule is CC(C)[C@@H](C)/C=C/[C@@H](C)[C@H]1CC[C@H]2C3=CC(=O)C4(O)CC(O)CC[C@]4(C)[C@H]3CC[C@]12C. The van der Waals surface area contributed by atoms with Gasteiger partial charge in [-0.2, -0.15) is 0 Å². The molecule has 0 spiro atoms. The molecular formula is C28H44O3. The fraction of sp³-hybridized carbons (Fsp3) is 0.821. The fourth-order valence-corrected chi connectivity index (χ4v) is 7.96. The summed E-state index contributed by atoms with van der Waals surface area (Å²) in [5.74, 6) is 3.03. The van der Waals surface area contributed by atoms with E-state index >= 15 is 0 Å². The molecule has 3 fully saturated rings. The molecule has 3 heteroatoms. The first-order valence-electron chi connectivity index (χ1n) is 12.8. The fourth-order valence-electron chi connectivity index (χ4n) is 7.96. The van der Waals surface area contributed by atoms with Crippen molar-refractivity contribution in [3.05, 3.63) is 23.8 Å². The number of hydrogen-bond donors (Lipinski definition) is 2. The predicted molar refractivity (Wildman–Crippen MR) is 125 cm³/mol. The van der Waals surface area contributed by atoms with Gasteiger partial charge in [-0.15, -0.1) is 0 Å². The minimum Gasteiger partial charge on any atom is -0.393 e. The second-order valence-corrected chi connectivity index (χ2v) is 12.4. The zero-order valence-electron chi connectivity index (χ0n) is 20.5. The van der Waals surface area contributed by atoms with Crippen molar-refractivity contribution in [1.82, 2.24) is 0 Å². The van der Waals surface area contributed by atoms with Crippen molar-refractivity contribution in [2.24, 2.45) is 46.3 Å². The Hall–Kier alpha value is -0.930. The lowest BCUT2D eigenvalue weighted by atomic mass is 9.46. The number of rotatable bonds is 4. The third kappa shape index (κ3) is 3.41. The van der Waals surface area contributed by atoms with E-state index < -0.39 is 17.1 Å². The van der Waals surface area contributed by atoms with Gasteiger partial charge in [-0.25, -0.2) is 0 Å². The Morgan fingerprint density at radius 1 is 1.00 bits per heavy atom. The summed E-state index contributed by atoms with van der Waals surface area (Å²) < 4.78 is 0. The van der Waals surface area contributed by atoms with Crippen LogP contribution in [0.15, 0.2) is 23.8 Å². The van der Waals surface area contributed by atoms with E-state index in [2.05, 4.69) is 53.7 Å². The third-order valence-electron chi connectivity index (χ3n) is 10.5. The summed E-state index contributed by atoms with van der Waals surface area (Å²) in [5, 5.41) is 21.7. The summed E-state index contributed by atoms with van der Waals surface area (Å²) in [6, 6.07) is 0. The van der Waals surface area contributed by atoms with Gasteiger partial charge in [0.2, 0.25) is 0 Å². The molecule has 4 rings (SSSR count). The van der Waals surface area contributed by atoms with E-state index in [9.17, 15) is 15.0 Å². The topological polar surface area (TPSA) is 57.5 Å². The highest BCUT2D eigenvalue weighted by Crippen LogP contribution is 2.67. The molecule has 31 heavy (non-hydrogen) atoms. The summed E-state index contributed by atoms with van der Waals surface area (Å²) in [6.45, 7) is 13.9. The van der Waals surface area contributed by atoms with Crippen molar-refractivity contribution in [1.29, 1.82) is 0 Å². The standard InChI is InChI=1S/C28H44O3/c1-17(2)18(3)7-8-19(4)22-9-10-23-21-15-25(30)28(31)16-20(29)11-14-27(28,6)24(21)12-13-26(22,23)5/h7-8,15,17-20,22-24,29,31H,9-14,16H2,1-6H3/b8-7+/t18-,19+,20?,22+,23-,24-,26+,27+,28?/m0/s1. The van der Waals surface area contributed by atoms with Gasteiger partial charge >= 0.3 is 0 Å². The van der Waals surface area contributed by atoms with E-state index in [1.807, 2.05) is 6.08 Å².